The molecule has 0 radical (unpaired) electrons. The second kappa shape index (κ2) is 7.84. The monoisotopic (exact) mass is 325 g/mol. The van der Waals surface area contributed by atoms with Gasteiger partial charge in [-0.3, -0.25) is 4.79 Å². The Kier molecular flexibility index (Phi) is 5.33. The highest BCUT2D eigenvalue weighted by atomic mass is 16.5. The van der Waals surface area contributed by atoms with Gasteiger partial charge >= 0.3 is 0 Å². The van der Waals surface area contributed by atoms with Gasteiger partial charge in [0, 0.05) is 30.2 Å². The molecule has 0 bridgehead atoms. The molecule has 1 aliphatic heterocycles. The quantitative estimate of drug-likeness (QED) is 0.887. The van der Waals surface area contributed by atoms with Gasteiger partial charge in [0.15, 0.2) is 0 Å². The summed E-state index contributed by atoms with van der Waals surface area (Å²) < 4.78 is 5.37. The predicted molar refractivity (Wildman–Crippen MR) is 97.6 cm³/mol. The average Bonchev–Trinajstić information content (AvgIpc) is 2.64. The van der Waals surface area contributed by atoms with Gasteiger partial charge in [0.25, 0.3) is 0 Å². The Balaban J connectivity index is 1.55. The first-order chi connectivity index (χ1) is 11.7. The van der Waals surface area contributed by atoms with E-state index in [0.29, 0.717) is 0 Å². The molecule has 0 aromatic heterocycles. The third-order valence-corrected chi connectivity index (χ3v) is 4.06. The van der Waals surface area contributed by atoms with Crippen LogP contribution >= 0.6 is 0 Å². The van der Waals surface area contributed by atoms with Gasteiger partial charge in [0.05, 0.1) is 13.2 Å². The standard InChI is InChI=1S/C19H23N3O2/c1-15(19(23)21-16-5-3-2-4-6-16)20-17-7-9-18(10-8-17)22-11-13-24-14-12-22/h2-10,15,20H,11-14H2,1H3,(H,21,23)/t15-/m1/s1. The first kappa shape index (κ1) is 16.3. The van der Waals surface area contributed by atoms with E-state index in [4.69, 9.17) is 4.74 Å². The molecule has 0 aliphatic carbocycles. The van der Waals surface area contributed by atoms with Crippen molar-refractivity contribution in [2.45, 2.75) is 13.0 Å². The van der Waals surface area contributed by atoms with Crippen LogP contribution in [0.2, 0.25) is 0 Å². The molecule has 0 saturated carbocycles. The van der Waals surface area contributed by atoms with Crippen molar-refractivity contribution < 1.29 is 9.53 Å². The van der Waals surface area contributed by atoms with Crippen LogP contribution in [0, 0.1) is 0 Å². The molecule has 1 atom stereocenters. The summed E-state index contributed by atoms with van der Waals surface area (Å²) in [7, 11) is 0. The number of carbonyl (C=O) groups is 1. The van der Waals surface area contributed by atoms with Gasteiger partial charge in [-0.05, 0) is 43.3 Å². The summed E-state index contributed by atoms with van der Waals surface area (Å²) in [4.78, 5) is 14.5. The molecule has 2 aromatic carbocycles. The van der Waals surface area contributed by atoms with Crippen LogP contribution in [-0.4, -0.2) is 38.3 Å². The molecule has 0 unspecified atom stereocenters. The Morgan fingerprint density at radius 2 is 1.67 bits per heavy atom. The number of anilines is 3. The summed E-state index contributed by atoms with van der Waals surface area (Å²) in [6.07, 6.45) is 0. The van der Waals surface area contributed by atoms with Crippen molar-refractivity contribution in [2.75, 3.05) is 41.8 Å². The van der Waals surface area contributed by atoms with Crippen molar-refractivity contribution in [3.8, 4) is 0 Å². The van der Waals surface area contributed by atoms with E-state index in [2.05, 4.69) is 27.7 Å². The first-order valence-corrected chi connectivity index (χ1v) is 8.27. The van der Waals surface area contributed by atoms with E-state index in [1.54, 1.807) is 0 Å². The van der Waals surface area contributed by atoms with Crippen molar-refractivity contribution in [1.29, 1.82) is 0 Å². The summed E-state index contributed by atoms with van der Waals surface area (Å²) in [5.41, 5.74) is 2.92. The van der Waals surface area contributed by atoms with Crippen LogP contribution in [0.3, 0.4) is 0 Å². The molecule has 1 heterocycles. The molecule has 1 saturated heterocycles. The molecule has 2 N–H and O–H groups in total. The van der Waals surface area contributed by atoms with E-state index in [9.17, 15) is 4.79 Å². The summed E-state index contributed by atoms with van der Waals surface area (Å²) in [5, 5.41) is 6.14. The Bertz CT molecular complexity index is 652. The Labute approximate surface area is 142 Å². The number of nitrogens with zero attached hydrogens (tertiary/aromatic N) is 1. The third kappa shape index (κ3) is 4.26. The van der Waals surface area contributed by atoms with Crippen LogP contribution in [0.25, 0.3) is 0 Å². The highest BCUT2D eigenvalue weighted by molar-refractivity contribution is 5.96. The van der Waals surface area contributed by atoms with E-state index in [-0.39, 0.29) is 11.9 Å². The zero-order valence-corrected chi connectivity index (χ0v) is 13.9. The lowest BCUT2D eigenvalue weighted by Crippen LogP contribution is -2.36. The number of carbonyl (C=O) groups excluding carboxylic acids is 1. The minimum absolute atomic E-state index is 0.0570. The minimum Gasteiger partial charge on any atom is -0.378 e. The number of rotatable bonds is 5. The summed E-state index contributed by atoms with van der Waals surface area (Å²) in [6.45, 7) is 5.24. The highest BCUT2D eigenvalue weighted by Crippen LogP contribution is 2.19. The number of benzene rings is 2. The Morgan fingerprint density at radius 3 is 2.33 bits per heavy atom. The SMILES string of the molecule is C[C@@H](Nc1ccc(N2CCOCC2)cc1)C(=O)Nc1ccccc1. The Morgan fingerprint density at radius 1 is 1.00 bits per heavy atom. The van der Waals surface area contributed by atoms with Crippen LogP contribution < -0.4 is 15.5 Å². The highest BCUT2D eigenvalue weighted by Gasteiger charge is 2.14. The van der Waals surface area contributed by atoms with Crippen molar-refractivity contribution in [1.82, 2.24) is 0 Å². The van der Waals surface area contributed by atoms with E-state index in [1.165, 1.54) is 5.69 Å². The average molecular weight is 325 g/mol. The molecule has 3 rings (SSSR count). The lowest BCUT2D eigenvalue weighted by molar-refractivity contribution is -0.116. The number of morpholine rings is 1. The lowest BCUT2D eigenvalue weighted by atomic mass is 10.2. The maximum atomic E-state index is 12.2. The number of amides is 1. The summed E-state index contributed by atoms with van der Waals surface area (Å²) >= 11 is 0. The van der Waals surface area contributed by atoms with Crippen molar-refractivity contribution >= 4 is 23.0 Å². The zero-order valence-electron chi connectivity index (χ0n) is 13.9. The smallest absolute Gasteiger partial charge is 0.246 e. The van der Waals surface area contributed by atoms with Crippen LogP contribution in [0.4, 0.5) is 17.1 Å². The van der Waals surface area contributed by atoms with Gasteiger partial charge < -0.3 is 20.3 Å². The molecule has 1 amide bonds. The number of ether oxygens (including phenoxy) is 1. The molecule has 2 aromatic rings. The Hall–Kier alpha value is -2.53. The zero-order chi connectivity index (χ0) is 16.8. The van der Waals surface area contributed by atoms with Crippen molar-refractivity contribution in [3.05, 3.63) is 54.6 Å². The van der Waals surface area contributed by atoms with Gasteiger partial charge in [0.1, 0.15) is 6.04 Å². The largest absolute Gasteiger partial charge is 0.378 e. The third-order valence-electron chi connectivity index (χ3n) is 4.06. The topological polar surface area (TPSA) is 53.6 Å². The van der Waals surface area contributed by atoms with Crippen LogP contribution in [0.15, 0.2) is 54.6 Å². The maximum Gasteiger partial charge on any atom is 0.246 e. The molecular weight excluding hydrogens is 302 g/mol. The molecule has 126 valence electrons. The van der Waals surface area contributed by atoms with Gasteiger partial charge in [0.2, 0.25) is 5.91 Å². The normalized spacial score (nSPS) is 15.6. The maximum absolute atomic E-state index is 12.2. The van der Waals surface area contributed by atoms with Crippen LogP contribution in [0.5, 0.6) is 0 Å². The van der Waals surface area contributed by atoms with Crippen molar-refractivity contribution in [3.63, 3.8) is 0 Å². The molecule has 5 nitrogen and oxygen atoms in total. The van der Waals surface area contributed by atoms with Gasteiger partial charge in [-0.1, -0.05) is 18.2 Å². The second-order valence-electron chi connectivity index (χ2n) is 5.87. The van der Waals surface area contributed by atoms with Crippen LogP contribution in [-0.2, 0) is 9.53 Å². The molecule has 1 aliphatic rings. The van der Waals surface area contributed by atoms with E-state index >= 15 is 0 Å². The molecule has 5 heteroatoms. The minimum atomic E-state index is -0.320. The number of hydrogen-bond acceptors (Lipinski definition) is 4. The molecular formula is C19H23N3O2. The van der Waals surface area contributed by atoms with E-state index < -0.39 is 0 Å². The van der Waals surface area contributed by atoms with Crippen molar-refractivity contribution in [2.24, 2.45) is 0 Å². The van der Waals surface area contributed by atoms with Crippen LogP contribution in [0.1, 0.15) is 6.92 Å². The lowest BCUT2D eigenvalue weighted by Gasteiger charge is -2.29. The predicted octanol–water partition coefficient (Wildman–Crippen LogP) is 2.96. The van der Waals surface area contributed by atoms with Gasteiger partial charge in [-0.2, -0.15) is 0 Å². The molecule has 24 heavy (non-hydrogen) atoms. The molecule has 0 spiro atoms. The van der Waals surface area contributed by atoms with Gasteiger partial charge in [-0.15, -0.1) is 0 Å². The first-order valence-electron chi connectivity index (χ1n) is 8.27. The number of nitrogens with one attached hydrogen (secondary N) is 2. The fourth-order valence-corrected chi connectivity index (χ4v) is 2.68. The van der Waals surface area contributed by atoms with Gasteiger partial charge in [-0.25, -0.2) is 0 Å². The number of para-hydroxylation sites is 1. The molecule has 1 fully saturated rings. The number of hydrogen-bond donors (Lipinski definition) is 2. The fraction of sp³-hybridized carbons (Fsp3) is 0.316. The second-order valence-corrected chi connectivity index (χ2v) is 5.87. The summed E-state index contributed by atoms with van der Waals surface area (Å²) in [5.74, 6) is -0.0570. The van der Waals surface area contributed by atoms with E-state index in [0.717, 1.165) is 37.7 Å². The van der Waals surface area contributed by atoms with E-state index in [1.807, 2.05) is 49.4 Å². The summed E-state index contributed by atoms with van der Waals surface area (Å²) in [6, 6.07) is 17.3. The fourth-order valence-electron chi connectivity index (χ4n) is 2.68.